The van der Waals surface area contributed by atoms with Crippen LogP contribution >= 0.6 is 0 Å². The molecule has 0 bridgehead atoms. The van der Waals surface area contributed by atoms with Gasteiger partial charge in [0.25, 0.3) is 0 Å². The third-order valence-electron chi connectivity index (χ3n) is 6.92. The van der Waals surface area contributed by atoms with Gasteiger partial charge in [-0.15, -0.1) is 13.2 Å². The van der Waals surface area contributed by atoms with Crippen LogP contribution < -0.4 is 20.7 Å². The molecule has 0 saturated heterocycles. The van der Waals surface area contributed by atoms with Crippen molar-refractivity contribution in [1.29, 1.82) is 0 Å². The van der Waals surface area contributed by atoms with Gasteiger partial charge < -0.3 is 25.5 Å². The Hall–Kier alpha value is -4.26. The van der Waals surface area contributed by atoms with Crippen LogP contribution in [0.2, 0.25) is 0 Å². The number of carbonyl (C=O) groups is 1. The van der Waals surface area contributed by atoms with E-state index in [1.165, 1.54) is 18.2 Å². The van der Waals surface area contributed by atoms with Gasteiger partial charge in [0.05, 0.1) is 11.0 Å². The summed E-state index contributed by atoms with van der Waals surface area (Å²) in [5.41, 5.74) is 1.00. The molecule has 1 aliphatic carbocycles. The fourth-order valence-electron chi connectivity index (χ4n) is 4.86. The Kier molecular flexibility index (Phi) is 10.1. The number of hydrogen-bond acceptors (Lipinski definition) is 9. The molecule has 1 fully saturated rings. The summed E-state index contributed by atoms with van der Waals surface area (Å²) < 4.78 is 42.2. The van der Waals surface area contributed by atoms with Crippen LogP contribution in [0, 0.1) is 16.0 Å². The molecule has 0 radical (unpaired) electrons. The number of para-hydroxylation sites is 1. The largest absolute Gasteiger partial charge is 0.573 e. The average Bonchev–Trinajstić information content (AvgIpc) is 2.95. The zero-order valence-corrected chi connectivity index (χ0v) is 22.1. The number of aldehydes is 1. The smallest absolute Gasteiger partial charge is 0.405 e. The molecule has 3 N–H and O–H groups in total. The first kappa shape index (κ1) is 29.7. The van der Waals surface area contributed by atoms with Crippen molar-refractivity contribution in [2.45, 2.75) is 57.1 Å². The van der Waals surface area contributed by atoms with E-state index in [4.69, 9.17) is 0 Å². The molecular formula is C28H31F3N6O4. The number of rotatable bonds is 13. The Labute approximate surface area is 234 Å². The van der Waals surface area contributed by atoms with Crippen molar-refractivity contribution in [3.8, 4) is 5.75 Å². The molecule has 41 heavy (non-hydrogen) atoms. The second-order valence-corrected chi connectivity index (χ2v) is 9.89. The minimum absolute atomic E-state index is 0.0196. The molecule has 1 atom stereocenters. The molecule has 1 aromatic heterocycles. The van der Waals surface area contributed by atoms with Gasteiger partial charge in [-0.25, -0.2) is 4.98 Å². The van der Waals surface area contributed by atoms with E-state index in [1.807, 2.05) is 30.3 Å². The van der Waals surface area contributed by atoms with Crippen molar-refractivity contribution in [2.24, 2.45) is 5.92 Å². The highest BCUT2D eigenvalue weighted by Crippen LogP contribution is 2.29. The molecule has 4 rings (SSSR count). The quantitative estimate of drug-likeness (QED) is 0.142. The number of halogens is 3. The lowest BCUT2D eigenvalue weighted by Crippen LogP contribution is -2.43. The van der Waals surface area contributed by atoms with Crippen molar-refractivity contribution in [1.82, 2.24) is 15.3 Å². The monoisotopic (exact) mass is 572 g/mol. The van der Waals surface area contributed by atoms with Crippen molar-refractivity contribution in [2.75, 3.05) is 17.2 Å². The van der Waals surface area contributed by atoms with E-state index in [-0.39, 0.29) is 53.3 Å². The number of ether oxygens (including phenoxy) is 1. The van der Waals surface area contributed by atoms with Gasteiger partial charge in [-0.1, -0.05) is 48.5 Å². The van der Waals surface area contributed by atoms with E-state index in [0.717, 1.165) is 43.7 Å². The minimum Gasteiger partial charge on any atom is -0.405 e. The summed E-state index contributed by atoms with van der Waals surface area (Å²) in [6.07, 6.45) is 1.24. The van der Waals surface area contributed by atoms with E-state index < -0.39 is 11.3 Å². The third-order valence-corrected chi connectivity index (χ3v) is 6.92. The molecular weight excluding hydrogens is 541 g/mol. The first-order valence-electron chi connectivity index (χ1n) is 13.3. The van der Waals surface area contributed by atoms with Crippen molar-refractivity contribution >= 4 is 23.7 Å². The number of carbonyl (C=O) groups excluding carboxylic acids is 1. The Bertz CT molecular complexity index is 1300. The number of nitrogens with one attached hydrogen (secondary N) is 3. The summed E-state index contributed by atoms with van der Waals surface area (Å²) >= 11 is 0. The van der Waals surface area contributed by atoms with E-state index in [1.54, 1.807) is 6.07 Å². The van der Waals surface area contributed by atoms with Crippen molar-refractivity contribution in [3.63, 3.8) is 0 Å². The molecule has 10 nitrogen and oxygen atoms in total. The Morgan fingerprint density at radius 3 is 2.44 bits per heavy atom. The highest BCUT2D eigenvalue weighted by molar-refractivity contribution is 5.58. The van der Waals surface area contributed by atoms with Gasteiger partial charge in [0, 0.05) is 24.7 Å². The maximum atomic E-state index is 12.7. The second-order valence-electron chi connectivity index (χ2n) is 9.89. The predicted molar refractivity (Wildman–Crippen MR) is 147 cm³/mol. The molecule has 218 valence electrons. The Morgan fingerprint density at radius 2 is 1.76 bits per heavy atom. The summed E-state index contributed by atoms with van der Waals surface area (Å²) in [4.78, 5) is 30.7. The van der Waals surface area contributed by atoms with Crippen LogP contribution in [-0.4, -0.2) is 46.2 Å². The molecule has 0 unspecified atom stereocenters. The van der Waals surface area contributed by atoms with E-state index in [9.17, 15) is 28.1 Å². The molecule has 1 heterocycles. The molecule has 0 spiro atoms. The number of benzene rings is 2. The van der Waals surface area contributed by atoms with Crippen LogP contribution in [0.3, 0.4) is 0 Å². The number of hydrogen-bond donors (Lipinski definition) is 3. The van der Waals surface area contributed by atoms with E-state index >= 15 is 0 Å². The maximum Gasteiger partial charge on any atom is 0.573 e. The molecule has 1 saturated carbocycles. The summed E-state index contributed by atoms with van der Waals surface area (Å²) in [5.74, 6) is -0.0748. The molecule has 13 heteroatoms. The fourth-order valence-corrected chi connectivity index (χ4v) is 4.86. The van der Waals surface area contributed by atoms with Gasteiger partial charge in [-0.05, 0) is 49.7 Å². The topological polar surface area (TPSA) is 131 Å². The maximum absolute atomic E-state index is 12.7. The van der Waals surface area contributed by atoms with Gasteiger partial charge in [0.2, 0.25) is 11.8 Å². The van der Waals surface area contributed by atoms with Gasteiger partial charge in [-0.3, -0.25) is 10.1 Å². The first-order valence-corrected chi connectivity index (χ1v) is 13.3. The number of aromatic nitrogens is 2. The molecule has 1 aliphatic rings. The predicted octanol–water partition coefficient (Wildman–Crippen LogP) is 5.27. The van der Waals surface area contributed by atoms with Crippen LogP contribution in [0.1, 0.15) is 36.8 Å². The molecule has 0 amide bonds. The van der Waals surface area contributed by atoms with Crippen LogP contribution in [0.15, 0.2) is 60.8 Å². The number of alkyl halides is 3. The summed E-state index contributed by atoms with van der Waals surface area (Å²) in [6.45, 7) is 0.361. The van der Waals surface area contributed by atoms with Crippen LogP contribution in [-0.2, 0) is 17.8 Å². The lowest BCUT2D eigenvalue weighted by molar-refractivity contribution is -0.384. The first-order chi connectivity index (χ1) is 19.7. The average molecular weight is 573 g/mol. The van der Waals surface area contributed by atoms with Crippen LogP contribution in [0.4, 0.5) is 30.6 Å². The number of nitro groups is 1. The standard InChI is InChI=1S/C28H31F3N6O4/c29-28(30,31)41-25-9-5-4-8-21(25)16-33-27-34-17-24(37(39)40)26(36-27)32-15-20-10-12-22(13-11-20)35-23(18-38)14-19-6-2-1-3-7-19/h1-9,17-18,20,22-23,35H,10-16H2,(H2,32,33,34,36)/t20?,22?,23-/m0/s1. The van der Waals surface area contributed by atoms with Crippen molar-refractivity contribution in [3.05, 3.63) is 82.0 Å². The van der Waals surface area contributed by atoms with Gasteiger partial charge >= 0.3 is 12.0 Å². The molecule has 0 aliphatic heterocycles. The number of nitrogens with zero attached hydrogens (tertiary/aromatic N) is 3. The zero-order valence-electron chi connectivity index (χ0n) is 22.1. The van der Waals surface area contributed by atoms with E-state index in [2.05, 4.69) is 30.7 Å². The van der Waals surface area contributed by atoms with Crippen LogP contribution in [0.5, 0.6) is 5.75 Å². The summed E-state index contributed by atoms with van der Waals surface area (Å²) in [6, 6.07) is 15.4. The molecule has 2 aromatic carbocycles. The molecule has 3 aromatic rings. The summed E-state index contributed by atoms with van der Waals surface area (Å²) in [5, 5.41) is 20.9. The minimum atomic E-state index is -4.84. The highest BCUT2D eigenvalue weighted by atomic mass is 19.4. The third kappa shape index (κ3) is 9.13. The lowest BCUT2D eigenvalue weighted by Gasteiger charge is -2.31. The van der Waals surface area contributed by atoms with Gasteiger partial charge in [0.15, 0.2) is 0 Å². The second kappa shape index (κ2) is 13.9. The number of anilines is 2. The van der Waals surface area contributed by atoms with Crippen LogP contribution in [0.25, 0.3) is 0 Å². The normalized spacial score (nSPS) is 17.8. The SMILES string of the molecule is O=C[C@H](Cc1ccccc1)NC1CCC(CNc2nc(NCc3ccccc3OC(F)(F)F)ncc2[N+](=O)[O-])CC1. The zero-order chi connectivity index (χ0) is 29.2. The fraction of sp³-hybridized carbons (Fsp3) is 0.393. The summed E-state index contributed by atoms with van der Waals surface area (Å²) in [7, 11) is 0. The van der Waals surface area contributed by atoms with E-state index in [0.29, 0.717) is 13.0 Å². The Balaban J connectivity index is 1.31. The Morgan fingerprint density at radius 1 is 1.05 bits per heavy atom. The lowest BCUT2D eigenvalue weighted by atomic mass is 9.85. The van der Waals surface area contributed by atoms with Gasteiger partial charge in [-0.2, -0.15) is 4.98 Å². The van der Waals surface area contributed by atoms with Gasteiger partial charge in [0.1, 0.15) is 18.2 Å². The van der Waals surface area contributed by atoms with Crippen molar-refractivity contribution < 1.29 is 27.6 Å². The highest BCUT2D eigenvalue weighted by Gasteiger charge is 2.32.